The zero-order chi connectivity index (χ0) is 15.7. The van der Waals surface area contributed by atoms with Crippen LogP contribution in [0.3, 0.4) is 0 Å². The van der Waals surface area contributed by atoms with Gasteiger partial charge in [-0.3, -0.25) is 4.79 Å². The van der Waals surface area contributed by atoms with Crippen LogP contribution in [-0.2, 0) is 4.79 Å². The van der Waals surface area contributed by atoms with Gasteiger partial charge < -0.3 is 10.8 Å². The van der Waals surface area contributed by atoms with Gasteiger partial charge in [0.15, 0.2) is 0 Å². The highest BCUT2D eigenvalue weighted by Gasteiger charge is 2.60. The maximum absolute atomic E-state index is 12.4. The number of Topliss-reactive ketones (excluding diaryl/α,β-unsaturated/α-hetero) is 1. The molecule has 3 N–H and O–H groups in total. The number of carbonyl (C=O) groups excluding carboxylic acids is 1. The summed E-state index contributed by atoms with van der Waals surface area (Å²) in [6.07, 6.45) is 8.81. The van der Waals surface area contributed by atoms with Crippen molar-refractivity contribution in [3.8, 4) is 0 Å². The number of aliphatic hydroxyl groups is 1. The summed E-state index contributed by atoms with van der Waals surface area (Å²) in [5.74, 6) is 1.99. The number of hydrogen-bond acceptors (Lipinski definition) is 3. The first-order chi connectivity index (χ1) is 10.4. The van der Waals surface area contributed by atoms with Crippen molar-refractivity contribution < 1.29 is 9.90 Å². The molecule has 4 rings (SSSR count). The molecule has 0 aromatic carbocycles. The molecule has 0 aromatic rings. The monoisotopic (exact) mass is 303 g/mol. The van der Waals surface area contributed by atoms with Crippen molar-refractivity contribution in [2.24, 2.45) is 34.3 Å². The summed E-state index contributed by atoms with van der Waals surface area (Å²) in [5, 5.41) is 10.0. The zero-order valence-electron chi connectivity index (χ0n) is 13.8. The van der Waals surface area contributed by atoms with E-state index in [9.17, 15) is 9.90 Å². The largest absolute Gasteiger partial charge is 0.393 e. The van der Waals surface area contributed by atoms with E-state index in [0.717, 1.165) is 44.9 Å². The third-order valence-corrected chi connectivity index (χ3v) is 7.88. The van der Waals surface area contributed by atoms with Gasteiger partial charge >= 0.3 is 0 Å². The smallest absolute Gasteiger partial charge is 0.139 e. The quantitative estimate of drug-likeness (QED) is 0.676. The molecule has 7 atom stereocenters. The average molecular weight is 303 g/mol. The highest BCUT2D eigenvalue weighted by molar-refractivity contribution is 5.87. The third-order valence-electron chi connectivity index (χ3n) is 7.88. The maximum atomic E-state index is 12.4. The van der Waals surface area contributed by atoms with E-state index in [1.54, 1.807) is 0 Å². The van der Waals surface area contributed by atoms with E-state index in [2.05, 4.69) is 19.9 Å². The molecule has 4 aliphatic rings. The molecule has 0 aromatic heterocycles. The Balaban J connectivity index is 1.75. The SMILES string of the molecule is C[C@]12CC[C@H](O)CC1=C[C@@H](N)[C@@H]1[C@@H]2CC[C@]2(C)C(=O)CC[C@@H]12. The summed E-state index contributed by atoms with van der Waals surface area (Å²) >= 11 is 0. The fourth-order valence-electron chi connectivity index (χ4n) is 6.49. The first-order valence-corrected chi connectivity index (χ1v) is 9.04. The second kappa shape index (κ2) is 4.67. The Morgan fingerprint density at radius 3 is 2.59 bits per heavy atom. The molecule has 0 saturated heterocycles. The first-order valence-electron chi connectivity index (χ1n) is 9.04. The molecule has 3 saturated carbocycles. The molecule has 22 heavy (non-hydrogen) atoms. The van der Waals surface area contributed by atoms with Gasteiger partial charge in [-0.15, -0.1) is 0 Å². The molecule has 0 radical (unpaired) electrons. The number of rotatable bonds is 0. The van der Waals surface area contributed by atoms with Gasteiger partial charge in [-0.25, -0.2) is 0 Å². The van der Waals surface area contributed by atoms with Crippen LogP contribution < -0.4 is 5.73 Å². The second-order valence-electron chi connectivity index (χ2n) is 8.79. The van der Waals surface area contributed by atoms with Crippen LogP contribution in [0.5, 0.6) is 0 Å². The Labute approximate surface area is 133 Å². The van der Waals surface area contributed by atoms with Crippen molar-refractivity contribution in [2.45, 2.75) is 70.9 Å². The number of nitrogens with two attached hydrogens (primary N) is 1. The summed E-state index contributed by atoms with van der Waals surface area (Å²) in [7, 11) is 0. The van der Waals surface area contributed by atoms with Crippen LogP contribution in [0.4, 0.5) is 0 Å². The molecule has 0 unspecified atom stereocenters. The molecule has 0 aliphatic heterocycles. The van der Waals surface area contributed by atoms with Gasteiger partial charge in [0.25, 0.3) is 0 Å². The van der Waals surface area contributed by atoms with E-state index in [1.807, 2.05) is 0 Å². The summed E-state index contributed by atoms with van der Waals surface area (Å²) in [6.45, 7) is 4.59. The lowest BCUT2D eigenvalue weighted by Gasteiger charge is -2.58. The minimum absolute atomic E-state index is 0.0638. The lowest BCUT2D eigenvalue weighted by atomic mass is 9.47. The van der Waals surface area contributed by atoms with Crippen LogP contribution in [0.2, 0.25) is 0 Å². The standard InChI is InChI=1S/C19H29NO2/c1-18-7-5-12(21)9-11(18)10-15(20)17-13-3-4-16(22)19(13,2)8-6-14(17)18/h10,12-15,17,21H,3-9,20H2,1-2H3/t12-,13-,14-,15+,17-,18-,19-/m0/s1. The van der Waals surface area contributed by atoms with E-state index < -0.39 is 0 Å². The van der Waals surface area contributed by atoms with E-state index >= 15 is 0 Å². The van der Waals surface area contributed by atoms with Gasteiger partial charge in [0.1, 0.15) is 5.78 Å². The average Bonchev–Trinajstić information content (AvgIpc) is 2.77. The van der Waals surface area contributed by atoms with Crippen LogP contribution in [0.25, 0.3) is 0 Å². The molecule has 0 spiro atoms. The highest BCUT2D eigenvalue weighted by atomic mass is 16.3. The molecular formula is C19H29NO2. The van der Waals surface area contributed by atoms with E-state index in [0.29, 0.717) is 23.5 Å². The predicted octanol–water partition coefficient (Wildman–Crippen LogP) is 2.82. The van der Waals surface area contributed by atoms with Crippen molar-refractivity contribution in [3.63, 3.8) is 0 Å². The highest BCUT2D eigenvalue weighted by Crippen LogP contribution is 2.63. The van der Waals surface area contributed by atoms with E-state index in [1.165, 1.54) is 5.57 Å². The van der Waals surface area contributed by atoms with Gasteiger partial charge in [0.2, 0.25) is 0 Å². The lowest BCUT2D eigenvalue weighted by molar-refractivity contribution is -0.132. The third kappa shape index (κ3) is 1.78. The molecule has 0 heterocycles. The van der Waals surface area contributed by atoms with Gasteiger partial charge in [-0.2, -0.15) is 0 Å². The van der Waals surface area contributed by atoms with Crippen LogP contribution in [0.1, 0.15) is 58.8 Å². The molecule has 3 fully saturated rings. The summed E-state index contributed by atoms with van der Waals surface area (Å²) in [4.78, 5) is 12.4. The normalized spacial score (nSPS) is 54.3. The van der Waals surface area contributed by atoms with Crippen LogP contribution >= 0.6 is 0 Å². The van der Waals surface area contributed by atoms with E-state index in [4.69, 9.17) is 5.73 Å². The first kappa shape index (κ1) is 14.9. The number of aliphatic hydroxyl groups excluding tert-OH is 1. The minimum Gasteiger partial charge on any atom is -0.393 e. The van der Waals surface area contributed by atoms with Crippen LogP contribution in [-0.4, -0.2) is 23.0 Å². The van der Waals surface area contributed by atoms with Crippen molar-refractivity contribution in [1.82, 2.24) is 0 Å². The van der Waals surface area contributed by atoms with Crippen LogP contribution in [0, 0.1) is 28.6 Å². The minimum atomic E-state index is -0.190. The Morgan fingerprint density at radius 2 is 1.82 bits per heavy atom. The van der Waals surface area contributed by atoms with Gasteiger partial charge in [-0.05, 0) is 61.7 Å². The fraction of sp³-hybridized carbons (Fsp3) is 0.842. The van der Waals surface area contributed by atoms with Crippen LogP contribution in [0.15, 0.2) is 11.6 Å². The fourth-order valence-corrected chi connectivity index (χ4v) is 6.49. The number of ketones is 1. The predicted molar refractivity (Wildman–Crippen MR) is 86.1 cm³/mol. The molecule has 0 bridgehead atoms. The molecule has 3 heteroatoms. The molecule has 3 nitrogen and oxygen atoms in total. The van der Waals surface area contributed by atoms with Crippen molar-refractivity contribution >= 4 is 5.78 Å². The molecule has 4 aliphatic carbocycles. The van der Waals surface area contributed by atoms with Crippen molar-refractivity contribution in [1.29, 1.82) is 0 Å². The summed E-state index contributed by atoms with van der Waals surface area (Å²) in [6, 6.07) is 0.0638. The Bertz CT molecular complexity index is 542. The molecular weight excluding hydrogens is 274 g/mol. The molecule has 0 amide bonds. The summed E-state index contributed by atoms with van der Waals surface area (Å²) in [5.41, 5.74) is 8.07. The second-order valence-corrected chi connectivity index (χ2v) is 8.79. The van der Waals surface area contributed by atoms with E-state index in [-0.39, 0.29) is 23.0 Å². The van der Waals surface area contributed by atoms with Gasteiger partial charge in [0, 0.05) is 17.9 Å². The van der Waals surface area contributed by atoms with Crippen molar-refractivity contribution in [2.75, 3.05) is 0 Å². The van der Waals surface area contributed by atoms with Gasteiger partial charge in [0.05, 0.1) is 6.10 Å². The Kier molecular flexibility index (Phi) is 3.16. The zero-order valence-corrected chi connectivity index (χ0v) is 13.8. The topological polar surface area (TPSA) is 63.3 Å². The maximum Gasteiger partial charge on any atom is 0.139 e. The summed E-state index contributed by atoms with van der Waals surface area (Å²) < 4.78 is 0. The number of carbonyl (C=O) groups is 1. The number of fused-ring (bicyclic) bond motifs is 5. The Morgan fingerprint density at radius 1 is 1.14 bits per heavy atom. The lowest BCUT2D eigenvalue weighted by Crippen LogP contribution is -2.56. The molecule has 122 valence electrons. The van der Waals surface area contributed by atoms with Gasteiger partial charge in [-0.1, -0.05) is 25.5 Å². The Hall–Kier alpha value is -0.670. The van der Waals surface area contributed by atoms with Crippen molar-refractivity contribution in [3.05, 3.63) is 11.6 Å². The number of hydrogen-bond donors (Lipinski definition) is 2.